The molecule has 0 bridgehead atoms. The maximum absolute atomic E-state index is 12.7. The van der Waals surface area contributed by atoms with E-state index in [-0.39, 0.29) is 11.2 Å². The Kier molecular flexibility index (Phi) is 6.28. The Morgan fingerprint density at radius 3 is 2.48 bits per heavy atom. The first-order valence-corrected chi connectivity index (χ1v) is 10.6. The average Bonchev–Trinajstić information content (AvgIpc) is 3.23. The minimum absolute atomic E-state index is 0.108. The van der Waals surface area contributed by atoms with E-state index < -0.39 is 0 Å². The number of thioether (sulfide) groups is 1. The van der Waals surface area contributed by atoms with Crippen LogP contribution in [-0.4, -0.2) is 38.0 Å². The van der Waals surface area contributed by atoms with Crippen molar-refractivity contribution in [3.8, 4) is 22.8 Å². The predicted molar refractivity (Wildman–Crippen MR) is 122 cm³/mol. The topological polar surface area (TPSA) is 81.9 Å². The number of anilines is 1. The van der Waals surface area contributed by atoms with E-state index in [2.05, 4.69) is 20.5 Å². The van der Waals surface area contributed by atoms with E-state index in [0.29, 0.717) is 11.0 Å². The lowest BCUT2D eigenvalue weighted by Crippen LogP contribution is -2.22. The number of nitrogens with one attached hydrogen (secondary N) is 1. The van der Waals surface area contributed by atoms with Crippen LogP contribution in [0.15, 0.2) is 84.3 Å². The number of aromatic nitrogens is 4. The molecule has 2 heterocycles. The number of pyridine rings is 1. The molecule has 0 radical (unpaired) electrons. The van der Waals surface area contributed by atoms with E-state index >= 15 is 0 Å². The van der Waals surface area contributed by atoms with Crippen LogP contribution in [0.3, 0.4) is 0 Å². The van der Waals surface area contributed by atoms with Crippen LogP contribution in [0.25, 0.3) is 17.1 Å². The van der Waals surface area contributed by atoms with Gasteiger partial charge in [0.1, 0.15) is 5.75 Å². The molecule has 1 unspecified atom stereocenters. The molecule has 156 valence electrons. The van der Waals surface area contributed by atoms with Crippen molar-refractivity contribution < 1.29 is 9.53 Å². The van der Waals surface area contributed by atoms with Crippen LogP contribution in [-0.2, 0) is 4.79 Å². The number of amides is 1. The number of ether oxygens (including phenoxy) is 1. The molecule has 0 aliphatic carbocycles. The summed E-state index contributed by atoms with van der Waals surface area (Å²) in [6.45, 7) is 1.85. The van der Waals surface area contributed by atoms with Crippen LogP contribution in [0.4, 0.5) is 5.69 Å². The normalized spacial score (nSPS) is 11.7. The first-order chi connectivity index (χ1) is 15.2. The molecule has 1 amide bonds. The molecule has 2 aromatic carbocycles. The van der Waals surface area contributed by atoms with Crippen molar-refractivity contribution in [1.29, 1.82) is 0 Å². The predicted octanol–water partition coefficient (Wildman–Crippen LogP) is 4.46. The molecular formula is C23H21N5O2S. The second kappa shape index (κ2) is 9.44. The van der Waals surface area contributed by atoms with Gasteiger partial charge in [0.2, 0.25) is 5.91 Å². The molecular weight excluding hydrogens is 410 g/mol. The summed E-state index contributed by atoms with van der Waals surface area (Å²) < 4.78 is 7.20. The second-order valence-corrected chi connectivity index (χ2v) is 8.00. The molecule has 1 N–H and O–H groups in total. The van der Waals surface area contributed by atoms with E-state index in [0.717, 1.165) is 22.7 Å². The standard InChI is InChI=1S/C23H21N5O2S/c1-16(22(29)25-18-8-4-3-5-9-18)31-23-27-26-21(17-7-6-14-24-15-17)28(23)19-10-12-20(30-2)13-11-19/h3-16H,1-2H3,(H,25,29). The highest BCUT2D eigenvalue weighted by atomic mass is 32.2. The van der Waals surface area contributed by atoms with E-state index in [1.165, 1.54) is 11.8 Å². The van der Waals surface area contributed by atoms with Gasteiger partial charge in [-0.3, -0.25) is 14.3 Å². The average molecular weight is 432 g/mol. The van der Waals surface area contributed by atoms with Gasteiger partial charge in [0, 0.05) is 29.3 Å². The van der Waals surface area contributed by atoms with Crippen molar-refractivity contribution in [3.63, 3.8) is 0 Å². The fourth-order valence-corrected chi connectivity index (χ4v) is 3.84. The Bertz CT molecular complexity index is 1150. The lowest BCUT2D eigenvalue weighted by Gasteiger charge is -2.14. The zero-order valence-electron chi connectivity index (χ0n) is 17.1. The lowest BCUT2D eigenvalue weighted by atomic mass is 10.2. The molecule has 0 aliphatic heterocycles. The minimum atomic E-state index is -0.386. The van der Waals surface area contributed by atoms with Gasteiger partial charge < -0.3 is 10.1 Å². The van der Waals surface area contributed by atoms with E-state index in [9.17, 15) is 4.79 Å². The summed E-state index contributed by atoms with van der Waals surface area (Å²) in [5.74, 6) is 1.30. The molecule has 2 aromatic heterocycles. The zero-order valence-corrected chi connectivity index (χ0v) is 17.9. The van der Waals surface area contributed by atoms with Crippen LogP contribution >= 0.6 is 11.8 Å². The van der Waals surface area contributed by atoms with Gasteiger partial charge in [-0.05, 0) is 55.5 Å². The Hall–Kier alpha value is -3.65. The van der Waals surface area contributed by atoms with Gasteiger partial charge in [-0.15, -0.1) is 10.2 Å². The Labute approximate surface area is 184 Å². The van der Waals surface area contributed by atoms with E-state index in [1.54, 1.807) is 19.5 Å². The van der Waals surface area contributed by atoms with Crippen LogP contribution in [0.5, 0.6) is 5.75 Å². The van der Waals surface area contributed by atoms with Gasteiger partial charge in [-0.2, -0.15) is 0 Å². The Morgan fingerprint density at radius 1 is 1.03 bits per heavy atom. The molecule has 0 fully saturated rings. The van der Waals surface area contributed by atoms with Crippen LogP contribution in [0, 0.1) is 0 Å². The number of benzene rings is 2. The van der Waals surface area contributed by atoms with E-state index in [1.807, 2.05) is 78.2 Å². The zero-order chi connectivity index (χ0) is 21.6. The number of nitrogens with zero attached hydrogens (tertiary/aromatic N) is 4. The monoisotopic (exact) mass is 431 g/mol. The molecule has 0 spiro atoms. The molecule has 0 aliphatic rings. The first kappa shape index (κ1) is 20.6. The molecule has 31 heavy (non-hydrogen) atoms. The van der Waals surface area contributed by atoms with Gasteiger partial charge in [-0.1, -0.05) is 30.0 Å². The molecule has 1 atom stereocenters. The summed E-state index contributed by atoms with van der Waals surface area (Å²) in [6.07, 6.45) is 3.45. The molecule has 4 rings (SSSR count). The van der Waals surface area contributed by atoms with Crippen LogP contribution < -0.4 is 10.1 Å². The summed E-state index contributed by atoms with van der Waals surface area (Å²) in [5, 5.41) is 11.9. The quantitative estimate of drug-likeness (QED) is 0.435. The van der Waals surface area contributed by atoms with Crippen molar-refractivity contribution in [2.75, 3.05) is 12.4 Å². The molecule has 7 nitrogen and oxygen atoms in total. The van der Waals surface area contributed by atoms with Crippen molar-refractivity contribution in [2.24, 2.45) is 0 Å². The van der Waals surface area contributed by atoms with Crippen LogP contribution in [0.2, 0.25) is 0 Å². The van der Waals surface area contributed by atoms with Crippen molar-refractivity contribution in [2.45, 2.75) is 17.3 Å². The van der Waals surface area contributed by atoms with Crippen molar-refractivity contribution >= 4 is 23.4 Å². The summed E-state index contributed by atoms with van der Waals surface area (Å²) >= 11 is 1.34. The number of carbonyl (C=O) groups excluding carboxylic acids is 1. The number of rotatable bonds is 7. The smallest absolute Gasteiger partial charge is 0.237 e. The third kappa shape index (κ3) is 4.75. The van der Waals surface area contributed by atoms with Crippen LogP contribution in [0.1, 0.15) is 6.92 Å². The summed E-state index contributed by atoms with van der Waals surface area (Å²) in [4.78, 5) is 16.9. The summed E-state index contributed by atoms with van der Waals surface area (Å²) in [7, 11) is 1.63. The largest absolute Gasteiger partial charge is 0.497 e. The first-order valence-electron chi connectivity index (χ1n) is 9.68. The lowest BCUT2D eigenvalue weighted by molar-refractivity contribution is -0.115. The summed E-state index contributed by atoms with van der Waals surface area (Å²) in [6, 6.07) is 20.8. The summed E-state index contributed by atoms with van der Waals surface area (Å²) in [5.41, 5.74) is 2.45. The van der Waals surface area contributed by atoms with E-state index in [4.69, 9.17) is 4.74 Å². The Morgan fingerprint density at radius 2 is 1.81 bits per heavy atom. The van der Waals surface area contributed by atoms with Gasteiger partial charge in [0.25, 0.3) is 0 Å². The highest BCUT2D eigenvalue weighted by Gasteiger charge is 2.22. The third-order valence-electron chi connectivity index (χ3n) is 4.58. The number of hydrogen-bond donors (Lipinski definition) is 1. The third-order valence-corrected chi connectivity index (χ3v) is 5.62. The molecule has 8 heteroatoms. The Balaban J connectivity index is 1.65. The number of para-hydroxylation sites is 1. The number of methoxy groups -OCH3 is 1. The molecule has 0 saturated carbocycles. The van der Waals surface area contributed by atoms with Gasteiger partial charge >= 0.3 is 0 Å². The highest BCUT2D eigenvalue weighted by molar-refractivity contribution is 8.00. The van der Waals surface area contributed by atoms with Crippen molar-refractivity contribution in [1.82, 2.24) is 19.7 Å². The maximum atomic E-state index is 12.7. The maximum Gasteiger partial charge on any atom is 0.237 e. The SMILES string of the molecule is COc1ccc(-n2c(SC(C)C(=O)Nc3ccccc3)nnc2-c2cccnc2)cc1. The number of hydrogen-bond acceptors (Lipinski definition) is 6. The van der Waals surface area contributed by atoms with Gasteiger partial charge in [0.05, 0.1) is 12.4 Å². The van der Waals surface area contributed by atoms with Gasteiger partial charge in [-0.25, -0.2) is 0 Å². The molecule has 0 saturated heterocycles. The fraction of sp³-hybridized carbons (Fsp3) is 0.130. The highest BCUT2D eigenvalue weighted by Crippen LogP contribution is 2.31. The minimum Gasteiger partial charge on any atom is -0.497 e. The van der Waals surface area contributed by atoms with Gasteiger partial charge in [0.15, 0.2) is 11.0 Å². The fourth-order valence-electron chi connectivity index (χ4n) is 2.97. The van der Waals surface area contributed by atoms with Crippen molar-refractivity contribution in [3.05, 3.63) is 79.1 Å². The number of carbonyl (C=O) groups is 1. The molecule has 4 aromatic rings. The second-order valence-electron chi connectivity index (χ2n) is 6.70.